The molecule has 0 rings (SSSR count). The van der Waals surface area contributed by atoms with E-state index in [1.54, 1.807) is 0 Å². The smallest absolute Gasteiger partial charge is 0.306 e. The van der Waals surface area contributed by atoms with Crippen LogP contribution in [0.5, 0.6) is 0 Å². The molecule has 69 heavy (non-hydrogen) atoms. The predicted octanol–water partition coefficient (Wildman–Crippen LogP) is 18.9. The van der Waals surface area contributed by atoms with E-state index in [-0.39, 0.29) is 37.5 Å². The molecule has 0 aromatic heterocycles. The van der Waals surface area contributed by atoms with Gasteiger partial charge >= 0.3 is 17.9 Å². The van der Waals surface area contributed by atoms with Crippen molar-refractivity contribution in [2.75, 3.05) is 13.2 Å². The van der Waals surface area contributed by atoms with Crippen LogP contribution >= 0.6 is 0 Å². The second-order valence-corrected chi connectivity index (χ2v) is 18.1. The highest BCUT2D eigenvalue weighted by Crippen LogP contribution is 2.13. The molecule has 6 heteroatoms. The molecule has 0 aromatic rings. The Bertz CT molecular complexity index is 1470. The minimum absolute atomic E-state index is 0.116. The number of unbranched alkanes of at least 4 members (excludes halogenated alkanes) is 18. The molecule has 0 aliphatic heterocycles. The third kappa shape index (κ3) is 54.6. The van der Waals surface area contributed by atoms with E-state index in [1.165, 1.54) is 89.9 Å². The van der Waals surface area contributed by atoms with Crippen molar-refractivity contribution in [1.82, 2.24) is 0 Å². The highest BCUT2D eigenvalue weighted by Gasteiger charge is 2.19. The summed E-state index contributed by atoms with van der Waals surface area (Å²) in [6.45, 7) is 6.40. The maximum absolute atomic E-state index is 12.8. The molecular formula is C63H102O6. The van der Waals surface area contributed by atoms with Crippen LogP contribution in [-0.4, -0.2) is 37.2 Å². The fourth-order valence-electron chi connectivity index (χ4n) is 7.22. The van der Waals surface area contributed by atoms with Crippen LogP contribution in [0, 0.1) is 0 Å². The first-order valence-corrected chi connectivity index (χ1v) is 28.0. The molecule has 0 amide bonds. The van der Waals surface area contributed by atoms with Crippen molar-refractivity contribution in [3.05, 3.63) is 122 Å². The van der Waals surface area contributed by atoms with Gasteiger partial charge in [0.05, 0.1) is 0 Å². The summed E-state index contributed by atoms with van der Waals surface area (Å²) in [7, 11) is 0. The van der Waals surface area contributed by atoms with E-state index in [0.717, 1.165) is 103 Å². The SMILES string of the molecule is CC/C=C/C/C=C/C/C=C/C/C=C/C/C=C/CCCCCC(=O)OC[C@@H](COC(=O)CCCCCCCCC/C=C/CCCCCC)OC(=O)CCC/C=C/C/C=C/C/C=C/C/C=C/CCCCC. The molecule has 0 saturated carbocycles. The summed E-state index contributed by atoms with van der Waals surface area (Å²) in [5, 5.41) is 0. The van der Waals surface area contributed by atoms with E-state index in [0.29, 0.717) is 19.3 Å². The standard InChI is InChI=1S/C63H102O6/c1-4-7-10-13-16-19-22-25-28-30-31-33-35-38-41-44-47-50-53-56-62(65)68-59-60(58-67-61(64)55-52-49-46-43-40-37-34-27-24-21-18-15-12-9-6-3)69-63(66)57-54-51-48-45-42-39-36-32-29-26-23-20-17-14-11-8-5-2/h7,10,16-17,19-21,24-26,28-29,31,33,36,38-39,41,45,48,60H,4-6,8-9,11-15,18,22-23,27,30,32,34-35,37,40,42-44,46-47,49-59H2,1-3H3/b10-7+,19-16+,20-17+,24-21+,28-25+,29-26+,33-31+,39-36+,41-38+,48-45+/t60-/m1/s1. The van der Waals surface area contributed by atoms with Gasteiger partial charge in [-0.1, -0.05) is 213 Å². The molecule has 1 atom stereocenters. The van der Waals surface area contributed by atoms with Gasteiger partial charge < -0.3 is 14.2 Å². The van der Waals surface area contributed by atoms with Crippen molar-refractivity contribution < 1.29 is 28.6 Å². The van der Waals surface area contributed by atoms with E-state index >= 15 is 0 Å². The quantitative estimate of drug-likeness (QED) is 0.0262. The molecule has 0 fully saturated rings. The van der Waals surface area contributed by atoms with Gasteiger partial charge in [0.1, 0.15) is 13.2 Å². The van der Waals surface area contributed by atoms with E-state index in [4.69, 9.17) is 14.2 Å². The normalized spacial score (nSPS) is 13.0. The van der Waals surface area contributed by atoms with E-state index in [2.05, 4.69) is 142 Å². The van der Waals surface area contributed by atoms with E-state index < -0.39 is 6.10 Å². The molecule has 0 saturated heterocycles. The molecule has 0 aliphatic carbocycles. The van der Waals surface area contributed by atoms with Gasteiger partial charge in [0.15, 0.2) is 6.10 Å². The molecule has 0 bridgehead atoms. The van der Waals surface area contributed by atoms with Crippen molar-refractivity contribution in [2.24, 2.45) is 0 Å². The van der Waals surface area contributed by atoms with E-state index in [9.17, 15) is 14.4 Å². The van der Waals surface area contributed by atoms with Crippen LogP contribution in [0.15, 0.2) is 122 Å². The lowest BCUT2D eigenvalue weighted by Crippen LogP contribution is -2.30. The number of ether oxygens (including phenoxy) is 3. The van der Waals surface area contributed by atoms with Crippen LogP contribution in [0.25, 0.3) is 0 Å². The van der Waals surface area contributed by atoms with Crippen molar-refractivity contribution in [3.8, 4) is 0 Å². The molecule has 0 unspecified atom stereocenters. The number of hydrogen-bond donors (Lipinski definition) is 0. The number of esters is 3. The average Bonchev–Trinajstić information content (AvgIpc) is 3.35. The molecule has 0 aromatic carbocycles. The third-order valence-corrected chi connectivity index (χ3v) is 11.4. The lowest BCUT2D eigenvalue weighted by Gasteiger charge is -2.18. The summed E-state index contributed by atoms with van der Waals surface area (Å²) < 4.78 is 16.8. The predicted molar refractivity (Wildman–Crippen MR) is 297 cm³/mol. The van der Waals surface area contributed by atoms with Gasteiger partial charge in [0.25, 0.3) is 0 Å². The van der Waals surface area contributed by atoms with E-state index in [1.807, 2.05) is 0 Å². The summed E-state index contributed by atoms with van der Waals surface area (Å²) in [4.78, 5) is 38.1. The molecular weight excluding hydrogens is 853 g/mol. The monoisotopic (exact) mass is 955 g/mol. The summed E-state index contributed by atoms with van der Waals surface area (Å²) in [6.07, 6.45) is 77.6. The molecule has 0 heterocycles. The Morgan fingerprint density at radius 3 is 0.986 bits per heavy atom. The number of rotatable bonds is 49. The van der Waals surface area contributed by atoms with Gasteiger partial charge in [-0.25, -0.2) is 0 Å². The minimum atomic E-state index is -0.826. The molecule has 0 spiro atoms. The number of carbonyl (C=O) groups is 3. The van der Waals surface area contributed by atoms with Gasteiger partial charge in [0, 0.05) is 19.3 Å². The Morgan fingerprint density at radius 1 is 0.304 bits per heavy atom. The van der Waals surface area contributed by atoms with Crippen LogP contribution in [-0.2, 0) is 28.6 Å². The van der Waals surface area contributed by atoms with Crippen LogP contribution in [0.2, 0.25) is 0 Å². The Balaban J connectivity index is 4.56. The molecule has 0 radical (unpaired) electrons. The summed E-state index contributed by atoms with van der Waals surface area (Å²) in [5.41, 5.74) is 0. The van der Waals surface area contributed by atoms with Gasteiger partial charge in [-0.2, -0.15) is 0 Å². The average molecular weight is 956 g/mol. The van der Waals surface area contributed by atoms with Gasteiger partial charge in [-0.05, 0) is 128 Å². The van der Waals surface area contributed by atoms with Crippen molar-refractivity contribution in [2.45, 2.75) is 245 Å². The lowest BCUT2D eigenvalue weighted by atomic mass is 10.1. The van der Waals surface area contributed by atoms with Gasteiger partial charge in [-0.3, -0.25) is 14.4 Å². The second-order valence-electron chi connectivity index (χ2n) is 18.1. The highest BCUT2D eigenvalue weighted by molar-refractivity contribution is 5.71. The third-order valence-electron chi connectivity index (χ3n) is 11.4. The van der Waals surface area contributed by atoms with Crippen molar-refractivity contribution in [3.63, 3.8) is 0 Å². The first kappa shape index (κ1) is 64.8. The molecule has 0 aliphatic rings. The van der Waals surface area contributed by atoms with Crippen molar-refractivity contribution in [1.29, 1.82) is 0 Å². The lowest BCUT2D eigenvalue weighted by molar-refractivity contribution is -0.167. The fraction of sp³-hybridized carbons (Fsp3) is 0.635. The van der Waals surface area contributed by atoms with Crippen LogP contribution in [0.4, 0.5) is 0 Å². The first-order valence-electron chi connectivity index (χ1n) is 28.0. The Morgan fingerprint density at radius 2 is 0.580 bits per heavy atom. The highest BCUT2D eigenvalue weighted by atomic mass is 16.6. The summed E-state index contributed by atoms with van der Waals surface area (Å²) >= 11 is 0. The summed E-state index contributed by atoms with van der Waals surface area (Å²) in [6, 6.07) is 0. The maximum Gasteiger partial charge on any atom is 0.306 e. The zero-order chi connectivity index (χ0) is 50.0. The maximum atomic E-state index is 12.8. The molecule has 390 valence electrons. The number of allylic oxidation sites excluding steroid dienone is 20. The van der Waals surface area contributed by atoms with Crippen LogP contribution in [0.3, 0.4) is 0 Å². The first-order chi connectivity index (χ1) is 34.0. The minimum Gasteiger partial charge on any atom is -0.462 e. The molecule has 6 nitrogen and oxygen atoms in total. The van der Waals surface area contributed by atoms with Gasteiger partial charge in [0.2, 0.25) is 0 Å². The topological polar surface area (TPSA) is 78.9 Å². The number of hydrogen-bond acceptors (Lipinski definition) is 6. The number of carbonyl (C=O) groups excluding carboxylic acids is 3. The Kier molecular flexibility index (Phi) is 53.0. The Hall–Kier alpha value is -4.19. The zero-order valence-corrected chi connectivity index (χ0v) is 44.5. The second kappa shape index (κ2) is 56.4. The Labute approximate surface area is 424 Å². The largest absolute Gasteiger partial charge is 0.462 e. The summed E-state index contributed by atoms with van der Waals surface area (Å²) in [5.74, 6) is -1.01. The van der Waals surface area contributed by atoms with Crippen molar-refractivity contribution >= 4 is 17.9 Å². The van der Waals surface area contributed by atoms with Gasteiger partial charge in [-0.15, -0.1) is 0 Å². The molecule has 0 N–H and O–H groups in total. The zero-order valence-electron chi connectivity index (χ0n) is 44.5. The fourth-order valence-corrected chi connectivity index (χ4v) is 7.22. The van der Waals surface area contributed by atoms with Crippen LogP contribution in [0.1, 0.15) is 239 Å². The van der Waals surface area contributed by atoms with Crippen LogP contribution < -0.4 is 0 Å².